The van der Waals surface area contributed by atoms with E-state index >= 15 is 0 Å². The Morgan fingerprint density at radius 2 is 2.13 bits per heavy atom. The molecule has 0 aliphatic rings. The summed E-state index contributed by atoms with van der Waals surface area (Å²) in [6.07, 6.45) is 1.46. The molecular formula is C16H10ClNO5. The molecule has 1 N–H and O–H groups in total. The summed E-state index contributed by atoms with van der Waals surface area (Å²) in [7, 11) is 0. The fourth-order valence-corrected chi connectivity index (χ4v) is 2.29. The van der Waals surface area contributed by atoms with Gasteiger partial charge in [0.2, 0.25) is 0 Å². The van der Waals surface area contributed by atoms with Crippen molar-refractivity contribution in [2.75, 3.05) is 0 Å². The van der Waals surface area contributed by atoms with Crippen LogP contribution in [0.15, 0.2) is 51.8 Å². The topological polar surface area (TPSA) is 89.6 Å². The number of aromatic hydroxyl groups is 1. The van der Waals surface area contributed by atoms with Gasteiger partial charge in [0.1, 0.15) is 23.1 Å². The van der Waals surface area contributed by atoms with Crippen molar-refractivity contribution < 1.29 is 19.1 Å². The first kappa shape index (κ1) is 15.1. The Kier molecular flexibility index (Phi) is 3.99. The van der Waals surface area contributed by atoms with Gasteiger partial charge < -0.3 is 14.3 Å². The van der Waals surface area contributed by atoms with Crippen LogP contribution in [0, 0.1) is 0 Å². The first-order valence-electron chi connectivity index (χ1n) is 6.58. The van der Waals surface area contributed by atoms with Gasteiger partial charge in [0.15, 0.2) is 0 Å². The Labute approximate surface area is 134 Å². The van der Waals surface area contributed by atoms with Gasteiger partial charge in [-0.05, 0) is 24.3 Å². The third kappa shape index (κ3) is 3.17. The lowest BCUT2D eigenvalue weighted by atomic mass is 10.1. The molecule has 0 spiro atoms. The number of hydrogen-bond acceptors (Lipinski definition) is 6. The molecule has 0 saturated carbocycles. The van der Waals surface area contributed by atoms with E-state index in [2.05, 4.69) is 4.98 Å². The number of hydrogen-bond donors (Lipinski definition) is 1. The molecule has 0 aliphatic heterocycles. The number of carbonyl (C=O) groups is 1. The number of ether oxygens (including phenoxy) is 1. The van der Waals surface area contributed by atoms with E-state index in [0.717, 1.165) is 0 Å². The Morgan fingerprint density at radius 1 is 1.30 bits per heavy atom. The third-order valence-electron chi connectivity index (χ3n) is 3.15. The third-order valence-corrected chi connectivity index (χ3v) is 3.45. The average Bonchev–Trinajstić information content (AvgIpc) is 2.52. The van der Waals surface area contributed by atoms with Crippen LogP contribution in [0.4, 0.5) is 0 Å². The Balaban J connectivity index is 1.89. The maximum absolute atomic E-state index is 12.0. The van der Waals surface area contributed by atoms with Gasteiger partial charge in [-0.25, -0.2) is 14.6 Å². The monoisotopic (exact) mass is 331 g/mol. The van der Waals surface area contributed by atoms with Crippen molar-refractivity contribution in [2.45, 2.75) is 6.61 Å². The molecule has 0 bridgehead atoms. The Bertz CT molecular complexity index is 951. The van der Waals surface area contributed by atoms with E-state index in [1.54, 1.807) is 12.1 Å². The minimum atomic E-state index is -0.650. The van der Waals surface area contributed by atoms with Crippen LogP contribution in [0.3, 0.4) is 0 Å². The number of rotatable bonds is 3. The van der Waals surface area contributed by atoms with Crippen molar-refractivity contribution in [2.24, 2.45) is 0 Å². The smallest absolute Gasteiger partial charge is 0.341 e. The summed E-state index contributed by atoms with van der Waals surface area (Å²) in [5.74, 6) is -0.680. The van der Waals surface area contributed by atoms with Gasteiger partial charge in [-0.3, -0.25) is 0 Å². The van der Waals surface area contributed by atoms with E-state index in [0.29, 0.717) is 10.9 Å². The number of halogens is 1. The van der Waals surface area contributed by atoms with Crippen LogP contribution in [0.5, 0.6) is 5.75 Å². The molecule has 0 unspecified atom stereocenters. The highest BCUT2D eigenvalue weighted by atomic mass is 35.5. The highest BCUT2D eigenvalue weighted by Gasteiger charge is 2.14. The zero-order valence-corrected chi connectivity index (χ0v) is 12.4. The number of fused-ring (bicyclic) bond motifs is 1. The first-order valence-corrected chi connectivity index (χ1v) is 6.96. The maximum atomic E-state index is 12.0. The number of nitrogens with zero attached hydrogens (tertiary/aromatic N) is 1. The van der Waals surface area contributed by atoms with Crippen LogP contribution >= 0.6 is 11.6 Å². The molecule has 0 aliphatic carbocycles. The SMILES string of the molecule is O=C(OCc1cc(=O)oc2cc(O)ccc12)c1cccnc1Cl. The second-order valence-electron chi connectivity index (χ2n) is 4.69. The lowest BCUT2D eigenvalue weighted by molar-refractivity contribution is 0.0473. The molecular weight excluding hydrogens is 322 g/mol. The zero-order chi connectivity index (χ0) is 16.4. The fourth-order valence-electron chi connectivity index (χ4n) is 2.10. The van der Waals surface area contributed by atoms with Crippen LogP contribution < -0.4 is 5.63 Å². The normalized spacial score (nSPS) is 10.7. The van der Waals surface area contributed by atoms with Crippen LogP contribution in [0.25, 0.3) is 11.0 Å². The Hall–Kier alpha value is -2.86. The lowest BCUT2D eigenvalue weighted by Crippen LogP contribution is -2.08. The van der Waals surface area contributed by atoms with Gasteiger partial charge in [-0.2, -0.15) is 0 Å². The summed E-state index contributed by atoms with van der Waals surface area (Å²) < 4.78 is 10.2. The van der Waals surface area contributed by atoms with Gasteiger partial charge in [-0.15, -0.1) is 0 Å². The minimum absolute atomic E-state index is 0.0306. The Morgan fingerprint density at radius 3 is 2.91 bits per heavy atom. The summed E-state index contributed by atoms with van der Waals surface area (Å²) >= 11 is 5.83. The number of carbonyl (C=O) groups excluding carboxylic acids is 1. The summed E-state index contributed by atoms with van der Waals surface area (Å²) in [4.78, 5) is 27.4. The highest BCUT2D eigenvalue weighted by molar-refractivity contribution is 6.32. The van der Waals surface area contributed by atoms with Crippen molar-refractivity contribution in [1.29, 1.82) is 0 Å². The van der Waals surface area contributed by atoms with Gasteiger partial charge >= 0.3 is 11.6 Å². The van der Waals surface area contributed by atoms with Crippen molar-refractivity contribution in [3.63, 3.8) is 0 Å². The number of esters is 1. The quantitative estimate of drug-likeness (QED) is 0.451. The van der Waals surface area contributed by atoms with Crippen molar-refractivity contribution in [3.05, 3.63) is 69.3 Å². The van der Waals surface area contributed by atoms with Crippen molar-refractivity contribution in [1.82, 2.24) is 4.98 Å². The number of phenols is 1. The highest BCUT2D eigenvalue weighted by Crippen LogP contribution is 2.23. The molecule has 0 saturated heterocycles. The van der Waals surface area contributed by atoms with Crippen molar-refractivity contribution in [3.8, 4) is 5.75 Å². The van der Waals surface area contributed by atoms with Crippen LogP contribution in [-0.4, -0.2) is 16.1 Å². The molecule has 3 rings (SSSR count). The minimum Gasteiger partial charge on any atom is -0.508 e. The largest absolute Gasteiger partial charge is 0.508 e. The summed E-state index contributed by atoms with van der Waals surface area (Å²) in [5.41, 5.74) is 0.209. The van der Waals surface area contributed by atoms with E-state index in [-0.39, 0.29) is 28.7 Å². The van der Waals surface area contributed by atoms with E-state index in [4.69, 9.17) is 20.8 Å². The van der Waals surface area contributed by atoms with Crippen LogP contribution in [-0.2, 0) is 11.3 Å². The van der Waals surface area contributed by atoms with Gasteiger partial charge in [0.25, 0.3) is 0 Å². The molecule has 116 valence electrons. The zero-order valence-electron chi connectivity index (χ0n) is 11.7. The lowest BCUT2D eigenvalue weighted by Gasteiger charge is -2.08. The standard InChI is InChI=1S/C16H10ClNO5/c17-15-12(2-1-5-18-15)16(21)22-8-9-6-14(20)23-13-7-10(19)3-4-11(9)13/h1-7,19H,8H2. The molecule has 6 nitrogen and oxygen atoms in total. The van der Waals surface area contributed by atoms with E-state index in [9.17, 15) is 14.7 Å². The summed E-state index contributed by atoms with van der Waals surface area (Å²) in [5, 5.41) is 10.0. The van der Waals surface area contributed by atoms with Gasteiger partial charge in [0.05, 0.1) is 5.56 Å². The second kappa shape index (κ2) is 6.10. The molecule has 0 fully saturated rings. The molecule has 2 heterocycles. The molecule has 3 aromatic rings. The van der Waals surface area contributed by atoms with Gasteiger partial charge in [-0.1, -0.05) is 11.6 Å². The van der Waals surface area contributed by atoms with Crippen LogP contribution in [0.1, 0.15) is 15.9 Å². The number of benzene rings is 1. The van der Waals surface area contributed by atoms with Gasteiger partial charge in [0, 0.05) is 29.3 Å². The molecule has 0 amide bonds. The molecule has 2 aromatic heterocycles. The number of pyridine rings is 1. The molecule has 0 radical (unpaired) electrons. The van der Waals surface area contributed by atoms with Crippen molar-refractivity contribution >= 4 is 28.5 Å². The maximum Gasteiger partial charge on any atom is 0.341 e. The molecule has 7 heteroatoms. The number of phenolic OH excluding ortho intramolecular Hbond substituents is 1. The van der Waals surface area contributed by atoms with E-state index in [1.807, 2.05) is 0 Å². The second-order valence-corrected chi connectivity index (χ2v) is 5.05. The van der Waals surface area contributed by atoms with Crippen LogP contribution in [0.2, 0.25) is 5.15 Å². The summed E-state index contributed by atoms with van der Waals surface area (Å²) in [6.45, 7) is -0.142. The summed E-state index contributed by atoms with van der Waals surface area (Å²) in [6, 6.07) is 8.64. The first-order chi connectivity index (χ1) is 11.0. The van der Waals surface area contributed by atoms with E-state index in [1.165, 1.54) is 30.5 Å². The average molecular weight is 332 g/mol. The van der Waals surface area contributed by atoms with E-state index < -0.39 is 11.6 Å². The number of aromatic nitrogens is 1. The predicted molar refractivity (Wildman–Crippen MR) is 82.5 cm³/mol. The molecule has 23 heavy (non-hydrogen) atoms. The molecule has 0 atom stereocenters. The fraction of sp³-hybridized carbons (Fsp3) is 0.0625. The predicted octanol–water partition coefficient (Wildman–Crippen LogP) is 2.90. The molecule has 1 aromatic carbocycles.